The predicted octanol–water partition coefficient (Wildman–Crippen LogP) is 2.97. The number of hydrogen-bond donors (Lipinski definition) is 1. The highest BCUT2D eigenvalue weighted by molar-refractivity contribution is 5.23. The minimum atomic E-state index is -0.227. The molecule has 0 aliphatic heterocycles. The van der Waals surface area contributed by atoms with Gasteiger partial charge < -0.3 is 10.2 Å². The van der Waals surface area contributed by atoms with Gasteiger partial charge in [-0.25, -0.2) is 4.39 Å². The summed E-state index contributed by atoms with van der Waals surface area (Å²) in [4.78, 5) is 0. The molecule has 1 aromatic carbocycles. The van der Waals surface area contributed by atoms with Crippen molar-refractivity contribution in [3.8, 4) is 0 Å². The summed E-state index contributed by atoms with van der Waals surface area (Å²) in [6.07, 6.45) is 2.10. The van der Waals surface area contributed by atoms with E-state index in [0.29, 0.717) is 12.0 Å². The van der Waals surface area contributed by atoms with E-state index in [1.165, 1.54) is 6.07 Å². The second-order valence-electron chi connectivity index (χ2n) is 3.89. The Morgan fingerprint density at radius 2 is 2.12 bits per heavy atom. The lowest BCUT2D eigenvalue weighted by Gasteiger charge is -2.09. The molecule has 0 bridgehead atoms. The Balaban J connectivity index is 2.13. The molecule has 2 nitrogen and oxygen atoms in total. The van der Waals surface area contributed by atoms with Gasteiger partial charge in [0.1, 0.15) is 11.6 Å². The fourth-order valence-electron chi connectivity index (χ4n) is 1.68. The van der Waals surface area contributed by atoms with Gasteiger partial charge in [-0.3, -0.25) is 0 Å². The molecule has 2 N–H and O–H groups in total. The Morgan fingerprint density at radius 3 is 2.75 bits per heavy atom. The van der Waals surface area contributed by atoms with Crippen molar-refractivity contribution < 1.29 is 8.81 Å². The zero-order valence-electron chi connectivity index (χ0n) is 9.11. The first kappa shape index (κ1) is 10.9. The third-order valence-electron chi connectivity index (χ3n) is 2.58. The van der Waals surface area contributed by atoms with Gasteiger partial charge >= 0.3 is 0 Å². The summed E-state index contributed by atoms with van der Waals surface area (Å²) in [5, 5.41) is 0. The maximum absolute atomic E-state index is 13.4. The van der Waals surface area contributed by atoms with E-state index in [1.54, 1.807) is 18.4 Å². The summed E-state index contributed by atoms with van der Waals surface area (Å²) in [5.41, 5.74) is 7.52. The Hall–Kier alpha value is -1.61. The summed E-state index contributed by atoms with van der Waals surface area (Å²) < 4.78 is 18.6. The van der Waals surface area contributed by atoms with Crippen LogP contribution in [0.3, 0.4) is 0 Å². The standard InChI is InChI=1S/C13H14FNO/c1-9-6-11(8-16-9)13(15)7-10-4-2-3-5-12(10)14/h2-6,8,13H,7,15H2,1H3. The Kier molecular flexibility index (Phi) is 3.06. The van der Waals surface area contributed by atoms with Crippen LogP contribution in [-0.4, -0.2) is 0 Å². The molecule has 1 unspecified atom stereocenters. The van der Waals surface area contributed by atoms with Gasteiger partial charge in [0.2, 0.25) is 0 Å². The molecule has 1 aromatic heterocycles. The molecule has 0 aliphatic rings. The molecule has 0 aliphatic carbocycles. The van der Waals surface area contributed by atoms with Crippen molar-refractivity contribution in [3.63, 3.8) is 0 Å². The van der Waals surface area contributed by atoms with Crippen LogP contribution >= 0.6 is 0 Å². The molecule has 0 saturated carbocycles. The zero-order chi connectivity index (χ0) is 11.5. The number of hydrogen-bond acceptors (Lipinski definition) is 2. The summed E-state index contributed by atoms with van der Waals surface area (Å²) in [6, 6.07) is 8.34. The minimum Gasteiger partial charge on any atom is -0.469 e. The van der Waals surface area contributed by atoms with Crippen LogP contribution in [0.4, 0.5) is 4.39 Å². The van der Waals surface area contributed by atoms with Crippen LogP contribution in [0, 0.1) is 12.7 Å². The van der Waals surface area contributed by atoms with Gasteiger partial charge in [-0.1, -0.05) is 18.2 Å². The third-order valence-corrected chi connectivity index (χ3v) is 2.58. The second-order valence-corrected chi connectivity index (χ2v) is 3.89. The predicted molar refractivity (Wildman–Crippen MR) is 60.5 cm³/mol. The van der Waals surface area contributed by atoms with Crippen molar-refractivity contribution >= 4 is 0 Å². The van der Waals surface area contributed by atoms with Crippen LogP contribution in [0.2, 0.25) is 0 Å². The van der Waals surface area contributed by atoms with Gasteiger partial charge in [0.15, 0.2) is 0 Å². The summed E-state index contributed by atoms with van der Waals surface area (Å²) in [6.45, 7) is 1.86. The van der Waals surface area contributed by atoms with Crippen LogP contribution in [0.15, 0.2) is 41.0 Å². The second kappa shape index (κ2) is 4.49. The average Bonchev–Trinajstić information content (AvgIpc) is 2.68. The van der Waals surface area contributed by atoms with E-state index >= 15 is 0 Å². The number of halogens is 1. The van der Waals surface area contributed by atoms with E-state index in [4.69, 9.17) is 10.2 Å². The molecular formula is C13H14FNO. The summed E-state index contributed by atoms with van der Waals surface area (Å²) in [5.74, 6) is 0.608. The highest BCUT2D eigenvalue weighted by Gasteiger charge is 2.11. The van der Waals surface area contributed by atoms with E-state index in [0.717, 1.165) is 11.3 Å². The molecule has 0 saturated heterocycles. The normalized spacial score (nSPS) is 12.7. The van der Waals surface area contributed by atoms with E-state index in [9.17, 15) is 4.39 Å². The van der Waals surface area contributed by atoms with Crippen molar-refractivity contribution in [2.75, 3.05) is 0 Å². The van der Waals surface area contributed by atoms with Gasteiger partial charge in [0, 0.05) is 11.6 Å². The number of aryl methyl sites for hydroxylation is 1. The molecule has 0 spiro atoms. The maximum Gasteiger partial charge on any atom is 0.126 e. The SMILES string of the molecule is Cc1cc(C(N)Cc2ccccc2F)co1. The highest BCUT2D eigenvalue weighted by atomic mass is 19.1. The number of furan rings is 1. The van der Waals surface area contributed by atoms with Crippen LogP contribution in [0.25, 0.3) is 0 Å². The van der Waals surface area contributed by atoms with Crippen molar-refractivity contribution in [1.82, 2.24) is 0 Å². The maximum atomic E-state index is 13.4. The van der Waals surface area contributed by atoms with Crippen molar-refractivity contribution in [1.29, 1.82) is 0 Å². The van der Waals surface area contributed by atoms with Gasteiger partial charge in [0.25, 0.3) is 0 Å². The largest absolute Gasteiger partial charge is 0.469 e. The number of nitrogens with two attached hydrogens (primary N) is 1. The molecule has 0 fully saturated rings. The monoisotopic (exact) mass is 219 g/mol. The minimum absolute atomic E-state index is 0.210. The van der Waals surface area contributed by atoms with Crippen molar-refractivity contribution in [3.05, 3.63) is 59.3 Å². The molecule has 0 radical (unpaired) electrons. The van der Waals surface area contributed by atoms with Crippen LogP contribution in [-0.2, 0) is 6.42 Å². The number of rotatable bonds is 3. The van der Waals surface area contributed by atoms with E-state index in [1.807, 2.05) is 19.1 Å². The Labute approximate surface area is 93.9 Å². The zero-order valence-corrected chi connectivity index (χ0v) is 9.11. The molecule has 3 heteroatoms. The average molecular weight is 219 g/mol. The molecule has 2 rings (SSSR count). The van der Waals surface area contributed by atoms with Crippen molar-refractivity contribution in [2.24, 2.45) is 5.73 Å². The first-order valence-corrected chi connectivity index (χ1v) is 5.21. The lowest BCUT2D eigenvalue weighted by atomic mass is 10.0. The summed E-state index contributed by atoms with van der Waals surface area (Å²) >= 11 is 0. The van der Waals surface area contributed by atoms with E-state index in [2.05, 4.69) is 0 Å². The first-order chi connectivity index (χ1) is 7.66. The first-order valence-electron chi connectivity index (χ1n) is 5.21. The van der Waals surface area contributed by atoms with E-state index < -0.39 is 0 Å². The smallest absolute Gasteiger partial charge is 0.126 e. The molecular weight excluding hydrogens is 205 g/mol. The number of benzene rings is 1. The van der Waals surface area contributed by atoms with Crippen LogP contribution < -0.4 is 5.73 Å². The summed E-state index contributed by atoms with van der Waals surface area (Å²) in [7, 11) is 0. The highest BCUT2D eigenvalue weighted by Crippen LogP contribution is 2.19. The molecule has 2 aromatic rings. The van der Waals surface area contributed by atoms with Gasteiger partial charge in [0.05, 0.1) is 6.26 Å². The van der Waals surface area contributed by atoms with Crippen LogP contribution in [0.1, 0.15) is 22.9 Å². The fourth-order valence-corrected chi connectivity index (χ4v) is 1.68. The molecule has 1 heterocycles. The van der Waals surface area contributed by atoms with E-state index in [-0.39, 0.29) is 11.9 Å². The van der Waals surface area contributed by atoms with Gasteiger partial charge in [-0.2, -0.15) is 0 Å². The van der Waals surface area contributed by atoms with Crippen LogP contribution in [0.5, 0.6) is 0 Å². The van der Waals surface area contributed by atoms with Crippen molar-refractivity contribution in [2.45, 2.75) is 19.4 Å². The lowest BCUT2D eigenvalue weighted by Crippen LogP contribution is -2.13. The molecule has 16 heavy (non-hydrogen) atoms. The lowest BCUT2D eigenvalue weighted by molar-refractivity contribution is 0.527. The molecule has 0 amide bonds. The Morgan fingerprint density at radius 1 is 1.38 bits per heavy atom. The van der Waals surface area contributed by atoms with Gasteiger partial charge in [-0.05, 0) is 31.0 Å². The fraction of sp³-hybridized carbons (Fsp3) is 0.231. The molecule has 84 valence electrons. The third kappa shape index (κ3) is 2.31. The Bertz CT molecular complexity index is 478. The molecule has 1 atom stereocenters. The quantitative estimate of drug-likeness (QED) is 0.861. The van der Waals surface area contributed by atoms with Gasteiger partial charge in [-0.15, -0.1) is 0 Å². The topological polar surface area (TPSA) is 39.2 Å².